The van der Waals surface area contributed by atoms with E-state index in [9.17, 15) is 9.59 Å². The molecule has 2 aliphatic heterocycles. The highest BCUT2D eigenvalue weighted by Gasteiger charge is 2.31. The third-order valence-corrected chi connectivity index (χ3v) is 8.64. The Kier molecular flexibility index (Phi) is 8.32. The van der Waals surface area contributed by atoms with E-state index in [0.717, 1.165) is 74.1 Å². The van der Waals surface area contributed by atoms with Crippen molar-refractivity contribution in [3.63, 3.8) is 0 Å². The second-order valence-corrected chi connectivity index (χ2v) is 11.6. The molecule has 1 amide bonds. The molecule has 0 saturated carbocycles. The number of amides is 1. The van der Waals surface area contributed by atoms with Crippen molar-refractivity contribution >= 4 is 17.4 Å². The summed E-state index contributed by atoms with van der Waals surface area (Å²) in [7, 11) is 0. The lowest BCUT2D eigenvalue weighted by Gasteiger charge is -2.37. The van der Waals surface area contributed by atoms with Gasteiger partial charge in [-0.25, -0.2) is 4.98 Å². The first kappa shape index (κ1) is 27.3. The SMILES string of the molecule is Cc1cc(C#N)ccc1N1CCN(C(=O)CCc2cc3c(c(C(=O)C4CC[C@H](C)O[C@H](C)C4)n2)CCC3)CC1. The molecular weight excluding hydrogens is 488 g/mol. The molecule has 3 heterocycles. The molecule has 2 saturated heterocycles. The quantitative estimate of drug-likeness (QED) is 0.500. The maximum Gasteiger partial charge on any atom is 0.223 e. The van der Waals surface area contributed by atoms with Crippen LogP contribution in [0.3, 0.4) is 0 Å². The van der Waals surface area contributed by atoms with Crippen molar-refractivity contribution in [2.75, 3.05) is 31.1 Å². The second kappa shape index (κ2) is 11.9. The van der Waals surface area contributed by atoms with Crippen molar-refractivity contribution < 1.29 is 14.3 Å². The maximum absolute atomic E-state index is 13.7. The van der Waals surface area contributed by atoms with Crippen LogP contribution >= 0.6 is 0 Å². The van der Waals surface area contributed by atoms with E-state index in [0.29, 0.717) is 37.2 Å². The molecule has 1 unspecified atom stereocenters. The van der Waals surface area contributed by atoms with Gasteiger partial charge in [-0.05, 0) is 107 Å². The van der Waals surface area contributed by atoms with E-state index in [1.54, 1.807) is 0 Å². The van der Waals surface area contributed by atoms with Gasteiger partial charge in [0.1, 0.15) is 5.69 Å². The molecule has 0 spiro atoms. The van der Waals surface area contributed by atoms with Crippen LogP contribution < -0.4 is 4.90 Å². The van der Waals surface area contributed by atoms with Gasteiger partial charge in [-0.2, -0.15) is 5.26 Å². The number of ether oxygens (including phenoxy) is 1. The number of piperazine rings is 1. The monoisotopic (exact) mass is 528 g/mol. The van der Waals surface area contributed by atoms with Crippen molar-refractivity contribution in [1.82, 2.24) is 9.88 Å². The number of aromatic nitrogens is 1. The number of carbonyl (C=O) groups excluding carboxylic acids is 2. The highest BCUT2D eigenvalue weighted by molar-refractivity contribution is 5.98. The largest absolute Gasteiger partial charge is 0.376 e. The van der Waals surface area contributed by atoms with Crippen LogP contribution in [0.2, 0.25) is 0 Å². The topological polar surface area (TPSA) is 86.5 Å². The predicted octanol–water partition coefficient (Wildman–Crippen LogP) is 4.81. The van der Waals surface area contributed by atoms with Crippen LogP contribution in [0.15, 0.2) is 24.3 Å². The standard InChI is InChI=1S/C32H40N4O3/c1-21-17-24(20-33)8-11-29(21)35-13-15-36(16-14-35)30(37)12-10-27-19-25-5-4-6-28(25)31(34-27)32(38)26-9-7-22(2)39-23(3)18-26/h8,11,17,19,22-23,26H,4-7,9-10,12-16,18H2,1-3H3/t22-,23+,26?/m0/s1. The summed E-state index contributed by atoms with van der Waals surface area (Å²) >= 11 is 0. The summed E-state index contributed by atoms with van der Waals surface area (Å²) < 4.78 is 5.98. The Balaban J connectivity index is 1.21. The smallest absolute Gasteiger partial charge is 0.223 e. The number of pyridine rings is 1. The van der Waals surface area contributed by atoms with Crippen LogP contribution in [-0.2, 0) is 28.8 Å². The number of fused-ring (bicyclic) bond motifs is 1. The zero-order valence-corrected chi connectivity index (χ0v) is 23.5. The molecular formula is C32H40N4O3. The Bertz CT molecular complexity index is 1270. The van der Waals surface area contributed by atoms with E-state index < -0.39 is 0 Å². The molecule has 0 N–H and O–H groups in total. The van der Waals surface area contributed by atoms with E-state index in [2.05, 4.69) is 30.9 Å². The third-order valence-electron chi connectivity index (χ3n) is 8.64. The van der Waals surface area contributed by atoms with Gasteiger partial charge in [0.05, 0.1) is 23.8 Å². The maximum atomic E-state index is 13.7. The van der Waals surface area contributed by atoms with E-state index in [4.69, 9.17) is 15.0 Å². The number of anilines is 1. The van der Waals surface area contributed by atoms with Gasteiger partial charge >= 0.3 is 0 Å². The Morgan fingerprint density at radius 1 is 1.08 bits per heavy atom. The summed E-state index contributed by atoms with van der Waals surface area (Å²) in [6.45, 7) is 9.09. The van der Waals surface area contributed by atoms with Crippen LogP contribution in [0.4, 0.5) is 5.69 Å². The molecule has 3 aliphatic rings. The summed E-state index contributed by atoms with van der Waals surface area (Å²) in [5.74, 6) is 0.264. The molecule has 1 aromatic heterocycles. The van der Waals surface area contributed by atoms with E-state index >= 15 is 0 Å². The van der Waals surface area contributed by atoms with Crippen LogP contribution in [0.25, 0.3) is 0 Å². The van der Waals surface area contributed by atoms with Crippen molar-refractivity contribution in [2.45, 2.75) is 84.3 Å². The second-order valence-electron chi connectivity index (χ2n) is 11.6. The molecule has 2 fully saturated rings. The Morgan fingerprint density at radius 2 is 1.87 bits per heavy atom. The molecule has 1 aromatic carbocycles. The van der Waals surface area contributed by atoms with Crippen LogP contribution in [0, 0.1) is 24.2 Å². The lowest BCUT2D eigenvalue weighted by atomic mass is 9.88. The van der Waals surface area contributed by atoms with Gasteiger partial charge < -0.3 is 14.5 Å². The molecule has 2 aromatic rings. The van der Waals surface area contributed by atoms with Gasteiger partial charge in [0.2, 0.25) is 5.91 Å². The zero-order valence-electron chi connectivity index (χ0n) is 23.5. The highest BCUT2D eigenvalue weighted by Crippen LogP contribution is 2.32. The van der Waals surface area contributed by atoms with Crippen molar-refractivity contribution in [3.05, 3.63) is 57.9 Å². The Hall–Kier alpha value is -3.24. The van der Waals surface area contributed by atoms with Crippen molar-refractivity contribution in [1.29, 1.82) is 5.26 Å². The minimum absolute atomic E-state index is 0.0462. The number of benzene rings is 1. The first-order valence-corrected chi connectivity index (χ1v) is 14.6. The lowest BCUT2D eigenvalue weighted by molar-refractivity contribution is -0.131. The summed E-state index contributed by atoms with van der Waals surface area (Å²) in [4.78, 5) is 36.0. The number of nitriles is 1. The number of rotatable bonds is 6. The molecule has 0 bridgehead atoms. The first-order chi connectivity index (χ1) is 18.8. The average molecular weight is 529 g/mol. The van der Waals surface area contributed by atoms with Gasteiger partial charge in [-0.15, -0.1) is 0 Å². The fraction of sp³-hybridized carbons (Fsp3) is 0.562. The molecule has 1 aliphatic carbocycles. The summed E-state index contributed by atoms with van der Waals surface area (Å²) in [6.07, 6.45) is 6.67. The summed E-state index contributed by atoms with van der Waals surface area (Å²) in [5, 5.41) is 9.13. The van der Waals surface area contributed by atoms with Gasteiger partial charge in [-0.3, -0.25) is 9.59 Å². The number of carbonyl (C=O) groups is 2. The van der Waals surface area contributed by atoms with Gasteiger partial charge in [0.25, 0.3) is 0 Å². The highest BCUT2D eigenvalue weighted by atomic mass is 16.5. The number of Topliss-reactive ketones (excluding diaryl/α,β-unsaturated/α-hetero) is 1. The van der Waals surface area contributed by atoms with E-state index in [1.165, 1.54) is 5.56 Å². The van der Waals surface area contributed by atoms with Crippen molar-refractivity contribution in [2.24, 2.45) is 5.92 Å². The van der Waals surface area contributed by atoms with E-state index in [1.807, 2.05) is 30.0 Å². The van der Waals surface area contributed by atoms with Crippen LogP contribution in [-0.4, -0.2) is 60.0 Å². The molecule has 0 radical (unpaired) electrons. The minimum atomic E-state index is -0.0462. The molecule has 7 heteroatoms. The number of hydrogen-bond donors (Lipinski definition) is 0. The average Bonchev–Trinajstić information content (AvgIpc) is 3.34. The van der Waals surface area contributed by atoms with Gasteiger partial charge in [0, 0.05) is 49.9 Å². The fourth-order valence-corrected chi connectivity index (χ4v) is 6.55. The van der Waals surface area contributed by atoms with Crippen LogP contribution in [0.5, 0.6) is 0 Å². The molecule has 206 valence electrons. The Morgan fingerprint density at radius 3 is 2.62 bits per heavy atom. The Labute approximate surface area is 232 Å². The molecule has 7 nitrogen and oxygen atoms in total. The van der Waals surface area contributed by atoms with E-state index in [-0.39, 0.29) is 29.8 Å². The zero-order chi connectivity index (χ0) is 27.5. The number of aryl methyl sites for hydroxylation is 3. The number of ketones is 1. The number of hydrogen-bond acceptors (Lipinski definition) is 6. The number of nitrogens with zero attached hydrogens (tertiary/aromatic N) is 4. The van der Waals surface area contributed by atoms with Gasteiger partial charge in [-0.1, -0.05) is 0 Å². The lowest BCUT2D eigenvalue weighted by Crippen LogP contribution is -2.49. The van der Waals surface area contributed by atoms with Crippen LogP contribution in [0.1, 0.15) is 84.4 Å². The fourth-order valence-electron chi connectivity index (χ4n) is 6.55. The van der Waals surface area contributed by atoms with Gasteiger partial charge in [0.15, 0.2) is 5.78 Å². The van der Waals surface area contributed by atoms with Crippen molar-refractivity contribution in [3.8, 4) is 6.07 Å². The minimum Gasteiger partial charge on any atom is -0.376 e. The first-order valence-electron chi connectivity index (χ1n) is 14.6. The molecule has 5 rings (SSSR count). The normalized spacial score (nSPS) is 23.2. The summed E-state index contributed by atoms with van der Waals surface area (Å²) in [6, 6.07) is 10.1. The predicted molar refractivity (Wildman–Crippen MR) is 151 cm³/mol. The third kappa shape index (κ3) is 6.17. The summed E-state index contributed by atoms with van der Waals surface area (Å²) in [5.41, 5.74) is 6.79. The molecule has 39 heavy (non-hydrogen) atoms. The molecule has 3 atom stereocenters.